The molecule has 1 aromatic carbocycles. The number of carbonyl (C=O) groups is 1. The van der Waals surface area contributed by atoms with E-state index in [-0.39, 0.29) is 11.7 Å². The molecular weight excluding hydrogens is 245 g/mol. The summed E-state index contributed by atoms with van der Waals surface area (Å²) in [4.78, 5) is 15.8. The predicted octanol–water partition coefficient (Wildman–Crippen LogP) is 1.33. The molecule has 0 radical (unpaired) electrons. The van der Waals surface area contributed by atoms with Crippen LogP contribution in [0.3, 0.4) is 0 Å². The molecule has 0 heterocycles. The largest absolute Gasteiger partial charge is 0.318 e. The Balaban J connectivity index is 2.63. The van der Waals surface area contributed by atoms with E-state index in [4.69, 9.17) is 0 Å². The van der Waals surface area contributed by atoms with Crippen LogP contribution in [-0.4, -0.2) is 51.1 Å². The van der Waals surface area contributed by atoms with E-state index in [0.29, 0.717) is 13.1 Å². The van der Waals surface area contributed by atoms with E-state index >= 15 is 0 Å². The second-order valence-corrected chi connectivity index (χ2v) is 4.46. The molecule has 19 heavy (non-hydrogen) atoms. The third kappa shape index (κ3) is 4.96. The molecule has 1 aromatic rings. The van der Waals surface area contributed by atoms with Crippen molar-refractivity contribution < 1.29 is 9.18 Å². The number of amides is 1. The summed E-state index contributed by atoms with van der Waals surface area (Å²) in [5, 5.41) is 3.04. The summed E-state index contributed by atoms with van der Waals surface area (Å²) in [5.41, 5.74) is 0.732. The van der Waals surface area contributed by atoms with Crippen molar-refractivity contribution in [3.05, 3.63) is 30.1 Å². The summed E-state index contributed by atoms with van der Waals surface area (Å²) in [5.74, 6) is -0.272. The first-order valence-corrected chi connectivity index (χ1v) is 6.47. The van der Waals surface area contributed by atoms with Crippen LogP contribution >= 0.6 is 0 Å². The van der Waals surface area contributed by atoms with Crippen LogP contribution in [0.4, 0.5) is 10.1 Å². The molecule has 1 N–H and O–H groups in total. The molecule has 0 spiro atoms. The number of rotatable bonds is 7. The summed E-state index contributed by atoms with van der Waals surface area (Å²) in [7, 11) is 3.79. The van der Waals surface area contributed by atoms with Crippen LogP contribution in [0.25, 0.3) is 0 Å². The van der Waals surface area contributed by atoms with E-state index in [0.717, 1.165) is 18.8 Å². The Hall–Kier alpha value is -1.46. The highest BCUT2D eigenvalue weighted by Crippen LogP contribution is 2.14. The lowest BCUT2D eigenvalue weighted by atomic mass is 10.2. The van der Waals surface area contributed by atoms with E-state index in [1.165, 1.54) is 12.1 Å². The van der Waals surface area contributed by atoms with E-state index < -0.39 is 0 Å². The molecule has 0 saturated carbocycles. The smallest absolute Gasteiger partial charge is 0.241 e. The first kappa shape index (κ1) is 15.6. The predicted molar refractivity (Wildman–Crippen MR) is 75.9 cm³/mol. The molecule has 0 aliphatic rings. The maximum absolute atomic E-state index is 12.9. The number of nitrogens with zero attached hydrogens (tertiary/aromatic N) is 2. The maximum atomic E-state index is 12.9. The Labute approximate surface area is 114 Å². The van der Waals surface area contributed by atoms with E-state index in [1.54, 1.807) is 17.0 Å². The number of benzene rings is 1. The second kappa shape index (κ2) is 7.86. The first-order valence-electron chi connectivity index (χ1n) is 6.47. The van der Waals surface area contributed by atoms with Crippen molar-refractivity contribution >= 4 is 11.6 Å². The van der Waals surface area contributed by atoms with Crippen molar-refractivity contribution in [1.82, 2.24) is 10.2 Å². The highest BCUT2D eigenvalue weighted by Gasteiger charge is 2.15. The molecule has 1 amide bonds. The fourth-order valence-corrected chi connectivity index (χ4v) is 1.82. The Kier molecular flexibility index (Phi) is 6.45. The van der Waals surface area contributed by atoms with Gasteiger partial charge in [0.1, 0.15) is 5.82 Å². The van der Waals surface area contributed by atoms with Crippen LogP contribution in [0, 0.1) is 5.82 Å². The molecule has 0 aromatic heterocycles. The Morgan fingerprint density at radius 1 is 1.32 bits per heavy atom. The molecule has 0 aliphatic heterocycles. The average Bonchev–Trinajstić information content (AvgIpc) is 2.39. The SMILES string of the molecule is CCN(C(=O)CN(C)CCNC)c1ccc(F)cc1. The number of hydrogen-bond acceptors (Lipinski definition) is 3. The zero-order chi connectivity index (χ0) is 14.3. The van der Waals surface area contributed by atoms with Gasteiger partial charge in [-0.2, -0.15) is 0 Å². The standard InChI is InChI=1S/C14H22FN3O/c1-4-18(13-7-5-12(15)6-8-13)14(19)11-17(3)10-9-16-2/h5-8,16H,4,9-11H2,1-3H3. The van der Waals surface area contributed by atoms with Gasteiger partial charge in [-0.3, -0.25) is 9.69 Å². The zero-order valence-corrected chi connectivity index (χ0v) is 11.8. The molecule has 0 unspecified atom stereocenters. The van der Waals surface area contributed by atoms with Gasteiger partial charge in [-0.05, 0) is 45.3 Å². The number of halogens is 1. The Morgan fingerprint density at radius 2 is 1.95 bits per heavy atom. The van der Waals surface area contributed by atoms with Gasteiger partial charge in [0.15, 0.2) is 0 Å². The van der Waals surface area contributed by atoms with Crippen molar-refractivity contribution in [2.45, 2.75) is 6.92 Å². The quantitative estimate of drug-likeness (QED) is 0.809. The summed E-state index contributed by atoms with van der Waals surface area (Å²) in [6.07, 6.45) is 0. The molecule has 5 heteroatoms. The van der Waals surface area contributed by atoms with Crippen LogP contribution in [0.15, 0.2) is 24.3 Å². The van der Waals surface area contributed by atoms with Gasteiger partial charge in [0.05, 0.1) is 6.54 Å². The third-order valence-corrected chi connectivity index (χ3v) is 2.90. The molecule has 0 atom stereocenters. The van der Waals surface area contributed by atoms with Crippen LogP contribution in [0.1, 0.15) is 6.92 Å². The lowest BCUT2D eigenvalue weighted by Crippen LogP contribution is -2.40. The van der Waals surface area contributed by atoms with Gasteiger partial charge < -0.3 is 10.2 Å². The molecule has 0 saturated heterocycles. The molecule has 0 bridgehead atoms. The summed E-state index contributed by atoms with van der Waals surface area (Å²) in [6, 6.07) is 6.00. The minimum absolute atomic E-state index is 0.0210. The molecule has 4 nitrogen and oxygen atoms in total. The van der Waals surface area contributed by atoms with Crippen molar-refractivity contribution in [1.29, 1.82) is 0 Å². The summed E-state index contributed by atoms with van der Waals surface area (Å²) < 4.78 is 12.9. The zero-order valence-electron chi connectivity index (χ0n) is 11.8. The molecule has 106 valence electrons. The van der Waals surface area contributed by atoms with Gasteiger partial charge in [-0.25, -0.2) is 4.39 Å². The van der Waals surface area contributed by atoms with Gasteiger partial charge in [-0.1, -0.05) is 0 Å². The molecular formula is C14H22FN3O. The summed E-state index contributed by atoms with van der Waals surface area (Å²) >= 11 is 0. The molecule has 0 fully saturated rings. The minimum atomic E-state index is -0.293. The van der Waals surface area contributed by atoms with Gasteiger partial charge in [0, 0.05) is 25.3 Å². The fraction of sp³-hybridized carbons (Fsp3) is 0.500. The van der Waals surface area contributed by atoms with E-state index in [1.807, 2.05) is 25.9 Å². The topological polar surface area (TPSA) is 35.6 Å². The van der Waals surface area contributed by atoms with Gasteiger partial charge in [0.2, 0.25) is 5.91 Å². The third-order valence-electron chi connectivity index (χ3n) is 2.90. The van der Waals surface area contributed by atoms with Gasteiger partial charge >= 0.3 is 0 Å². The number of likely N-dealkylation sites (N-methyl/N-ethyl adjacent to an activating group) is 3. The maximum Gasteiger partial charge on any atom is 0.241 e. The molecule has 1 rings (SSSR count). The number of hydrogen-bond donors (Lipinski definition) is 1. The highest BCUT2D eigenvalue weighted by molar-refractivity contribution is 5.94. The molecule has 0 aliphatic carbocycles. The van der Waals surface area contributed by atoms with E-state index in [9.17, 15) is 9.18 Å². The van der Waals surface area contributed by atoms with Crippen molar-refractivity contribution in [3.8, 4) is 0 Å². The Morgan fingerprint density at radius 3 is 2.47 bits per heavy atom. The number of anilines is 1. The number of nitrogens with one attached hydrogen (secondary N) is 1. The van der Waals surface area contributed by atoms with Crippen LogP contribution in [-0.2, 0) is 4.79 Å². The average molecular weight is 267 g/mol. The van der Waals surface area contributed by atoms with Crippen molar-refractivity contribution in [3.63, 3.8) is 0 Å². The summed E-state index contributed by atoms with van der Waals surface area (Å²) in [6.45, 7) is 4.49. The van der Waals surface area contributed by atoms with Crippen LogP contribution < -0.4 is 10.2 Å². The minimum Gasteiger partial charge on any atom is -0.318 e. The fourth-order valence-electron chi connectivity index (χ4n) is 1.82. The lowest BCUT2D eigenvalue weighted by molar-refractivity contribution is -0.119. The lowest BCUT2D eigenvalue weighted by Gasteiger charge is -2.24. The number of carbonyl (C=O) groups excluding carboxylic acids is 1. The van der Waals surface area contributed by atoms with Gasteiger partial charge in [0.25, 0.3) is 0 Å². The van der Waals surface area contributed by atoms with Crippen LogP contribution in [0.5, 0.6) is 0 Å². The van der Waals surface area contributed by atoms with Crippen LogP contribution in [0.2, 0.25) is 0 Å². The monoisotopic (exact) mass is 267 g/mol. The highest BCUT2D eigenvalue weighted by atomic mass is 19.1. The normalized spacial score (nSPS) is 10.8. The van der Waals surface area contributed by atoms with Crippen molar-refractivity contribution in [2.75, 3.05) is 45.2 Å². The first-order chi connectivity index (χ1) is 9.08. The van der Waals surface area contributed by atoms with Crippen molar-refractivity contribution in [2.24, 2.45) is 0 Å². The van der Waals surface area contributed by atoms with Gasteiger partial charge in [-0.15, -0.1) is 0 Å². The van der Waals surface area contributed by atoms with E-state index in [2.05, 4.69) is 5.32 Å². The Bertz CT molecular complexity index is 394. The second-order valence-electron chi connectivity index (χ2n) is 4.46.